The molecule has 166 valence electrons. The Labute approximate surface area is 189 Å². The van der Waals surface area contributed by atoms with Crippen LogP contribution in [0.3, 0.4) is 0 Å². The number of ether oxygens (including phenoxy) is 1. The topological polar surface area (TPSA) is 83.2 Å². The first-order valence-electron chi connectivity index (χ1n) is 10.7. The van der Waals surface area contributed by atoms with E-state index in [0.29, 0.717) is 31.9 Å². The van der Waals surface area contributed by atoms with Crippen molar-refractivity contribution in [1.29, 1.82) is 0 Å². The lowest BCUT2D eigenvalue weighted by Gasteiger charge is -2.31. The van der Waals surface area contributed by atoms with E-state index in [4.69, 9.17) is 9.15 Å². The number of thiophene rings is 1. The molecule has 7 nitrogen and oxygen atoms in total. The first kappa shape index (κ1) is 20.9. The van der Waals surface area contributed by atoms with Crippen LogP contribution in [0.5, 0.6) is 0 Å². The predicted molar refractivity (Wildman–Crippen MR) is 121 cm³/mol. The van der Waals surface area contributed by atoms with Gasteiger partial charge in [0, 0.05) is 36.4 Å². The van der Waals surface area contributed by atoms with Gasteiger partial charge in [-0.1, -0.05) is 17.7 Å². The minimum absolute atomic E-state index is 0.0789. The number of nitrogens with zero attached hydrogens (tertiary/aromatic N) is 2. The molecule has 1 amide bonds. The zero-order valence-corrected chi connectivity index (χ0v) is 18.6. The molecule has 0 bridgehead atoms. The molecule has 0 saturated carbocycles. The Morgan fingerprint density at radius 1 is 1.19 bits per heavy atom. The molecule has 1 unspecified atom stereocenters. The maximum Gasteiger partial charge on any atom is 0.290 e. The van der Waals surface area contributed by atoms with Crippen molar-refractivity contribution in [2.75, 3.05) is 39.4 Å². The van der Waals surface area contributed by atoms with E-state index < -0.39 is 23.5 Å². The Hall–Kier alpha value is -2.94. The summed E-state index contributed by atoms with van der Waals surface area (Å²) in [6.07, 6.45) is 0. The molecule has 0 aliphatic carbocycles. The number of fused-ring (bicyclic) bond motifs is 1. The molecule has 1 atom stereocenters. The van der Waals surface area contributed by atoms with Gasteiger partial charge in [-0.15, -0.1) is 11.3 Å². The van der Waals surface area contributed by atoms with Crippen LogP contribution in [0, 0.1) is 6.92 Å². The van der Waals surface area contributed by atoms with Crippen LogP contribution in [0.2, 0.25) is 0 Å². The van der Waals surface area contributed by atoms with Gasteiger partial charge >= 0.3 is 0 Å². The summed E-state index contributed by atoms with van der Waals surface area (Å²) >= 11 is 1.46. The second-order valence-electron chi connectivity index (χ2n) is 8.11. The largest absolute Gasteiger partial charge is 0.503 e. The number of amides is 1. The second kappa shape index (κ2) is 8.54. The van der Waals surface area contributed by atoms with Gasteiger partial charge in [-0.25, -0.2) is 0 Å². The van der Waals surface area contributed by atoms with Crippen molar-refractivity contribution in [2.45, 2.75) is 13.0 Å². The fraction of sp³-hybridized carbons (Fsp3) is 0.333. The Morgan fingerprint density at radius 3 is 2.75 bits per heavy atom. The van der Waals surface area contributed by atoms with Crippen LogP contribution in [-0.4, -0.2) is 66.0 Å². The van der Waals surface area contributed by atoms with Crippen LogP contribution in [0.4, 0.5) is 0 Å². The van der Waals surface area contributed by atoms with Crippen molar-refractivity contribution >= 4 is 34.0 Å². The van der Waals surface area contributed by atoms with Gasteiger partial charge in [0.2, 0.25) is 5.78 Å². The zero-order valence-electron chi connectivity index (χ0n) is 17.7. The molecule has 1 saturated heterocycles. The SMILES string of the molecule is Cc1ccc2oc(C(=O)C3=C(O)C(=O)N(CCN4CCOCC4)C3c3cccs3)cc2c1. The van der Waals surface area contributed by atoms with Gasteiger partial charge in [0.15, 0.2) is 11.5 Å². The predicted octanol–water partition coefficient (Wildman–Crippen LogP) is 3.71. The number of hydrogen-bond acceptors (Lipinski definition) is 7. The Bertz CT molecular complexity index is 1190. The van der Waals surface area contributed by atoms with E-state index in [0.717, 1.165) is 28.9 Å². The number of furan rings is 1. The number of hydrogen-bond donors (Lipinski definition) is 1. The third-order valence-corrected chi connectivity index (χ3v) is 6.94. The summed E-state index contributed by atoms with van der Waals surface area (Å²) in [6, 6.07) is 10.5. The van der Waals surface area contributed by atoms with E-state index in [2.05, 4.69) is 4.90 Å². The van der Waals surface area contributed by atoms with E-state index in [9.17, 15) is 14.7 Å². The lowest BCUT2D eigenvalue weighted by atomic mass is 10.00. The van der Waals surface area contributed by atoms with Crippen molar-refractivity contribution in [2.24, 2.45) is 0 Å². The van der Waals surface area contributed by atoms with Gasteiger partial charge in [-0.3, -0.25) is 14.5 Å². The number of aliphatic hydroxyl groups excluding tert-OH is 1. The van der Waals surface area contributed by atoms with E-state index >= 15 is 0 Å². The van der Waals surface area contributed by atoms with Gasteiger partial charge in [0.1, 0.15) is 5.58 Å². The smallest absolute Gasteiger partial charge is 0.290 e. The number of carbonyl (C=O) groups excluding carboxylic acids is 2. The number of benzene rings is 1. The van der Waals surface area contributed by atoms with Crippen molar-refractivity contribution in [3.8, 4) is 0 Å². The quantitative estimate of drug-likeness (QED) is 0.574. The first-order chi connectivity index (χ1) is 15.5. The number of morpholine rings is 1. The van der Waals surface area contributed by atoms with Crippen molar-refractivity contribution in [1.82, 2.24) is 9.80 Å². The molecule has 1 aromatic carbocycles. The lowest BCUT2D eigenvalue weighted by Crippen LogP contribution is -2.43. The van der Waals surface area contributed by atoms with Crippen LogP contribution in [-0.2, 0) is 9.53 Å². The Balaban J connectivity index is 1.47. The number of aryl methyl sites for hydroxylation is 1. The fourth-order valence-electron chi connectivity index (χ4n) is 4.34. The normalized spacial score (nSPS) is 20.0. The van der Waals surface area contributed by atoms with Gasteiger partial charge < -0.3 is 19.2 Å². The highest BCUT2D eigenvalue weighted by Crippen LogP contribution is 2.41. The molecule has 32 heavy (non-hydrogen) atoms. The number of Topliss-reactive ketones (excluding diaryl/α,β-unsaturated/α-hetero) is 1. The Kier molecular flexibility index (Phi) is 5.58. The molecule has 2 aliphatic rings. The first-order valence-corrected chi connectivity index (χ1v) is 11.5. The zero-order chi connectivity index (χ0) is 22.2. The highest BCUT2D eigenvalue weighted by Gasteiger charge is 2.45. The van der Waals surface area contributed by atoms with E-state index in [1.807, 2.05) is 42.6 Å². The molecule has 2 aromatic heterocycles. The average Bonchev–Trinajstić information content (AvgIpc) is 3.52. The van der Waals surface area contributed by atoms with Gasteiger partial charge in [0.25, 0.3) is 5.91 Å². The van der Waals surface area contributed by atoms with Crippen LogP contribution in [0.15, 0.2) is 57.5 Å². The van der Waals surface area contributed by atoms with Gasteiger partial charge in [-0.2, -0.15) is 0 Å². The third kappa shape index (κ3) is 3.74. The highest BCUT2D eigenvalue weighted by atomic mass is 32.1. The van der Waals surface area contributed by atoms with Gasteiger partial charge in [0.05, 0.1) is 24.8 Å². The summed E-state index contributed by atoms with van der Waals surface area (Å²) < 4.78 is 11.2. The number of rotatable bonds is 6. The summed E-state index contributed by atoms with van der Waals surface area (Å²) in [6.45, 7) is 5.96. The minimum Gasteiger partial charge on any atom is -0.503 e. The molecule has 5 rings (SSSR count). The van der Waals surface area contributed by atoms with Crippen LogP contribution >= 0.6 is 11.3 Å². The van der Waals surface area contributed by atoms with Crippen molar-refractivity contribution in [3.63, 3.8) is 0 Å². The molecule has 3 aromatic rings. The van der Waals surface area contributed by atoms with E-state index in [1.165, 1.54) is 11.3 Å². The Morgan fingerprint density at radius 2 is 2.00 bits per heavy atom. The minimum atomic E-state index is -0.633. The summed E-state index contributed by atoms with van der Waals surface area (Å²) in [7, 11) is 0. The molecule has 1 N–H and O–H groups in total. The number of carbonyl (C=O) groups is 2. The van der Waals surface area contributed by atoms with Gasteiger partial charge in [-0.05, 0) is 36.6 Å². The monoisotopic (exact) mass is 452 g/mol. The highest BCUT2D eigenvalue weighted by molar-refractivity contribution is 7.10. The standard InChI is InChI=1S/C24H24N2O5S/c1-15-4-5-17-16(13-15)14-18(31-17)22(27)20-21(19-3-2-12-32-19)26(24(29)23(20)28)7-6-25-8-10-30-11-9-25/h2-5,12-14,21,28H,6-11H2,1H3. The summed E-state index contributed by atoms with van der Waals surface area (Å²) in [4.78, 5) is 31.2. The molecule has 4 heterocycles. The van der Waals surface area contributed by atoms with Crippen molar-refractivity contribution < 1.29 is 23.8 Å². The molecule has 1 fully saturated rings. The number of ketones is 1. The maximum absolute atomic E-state index is 13.5. The lowest BCUT2D eigenvalue weighted by molar-refractivity contribution is -0.129. The molecule has 0 radical (unpaired) electrons. The summed E-state index contributed by atoms with van der Waals surface area (Å²) in [5.74, 6) is -1.35. The fourth-order valence-corrected chi connectivity index (χ4v) is 5.19. The average molecular weight is 453 g/mol. The number of aliphatic hydroxyl groups is 1. The van der Waals surface area contributed by atoms with E-state index in [-0.39, 0.29) is 11.3 Å². The van der Waals surface area contributed by atoms with Crippen LogP contribution < -0.4 is 0 Å². The molecule has 0 spiro atoms. The van der Waals surface area contributed by atoms with E-state index in [1.54, 1.807) is 11.0 Å². The third-order valence-electron chi connectivity index (χ3n) is 6.02. The summed E-state index contributed by atoms with van der Waals surface area (Å²) in [5.41, 5.74) is 1.73. The molecular weight excluding hydrogens is 428 g/mol. The van der Waals surface area contributed by atoms with Crippen molar-refractivity contribution in [3.05, 3.63) is 69.3 Å². The molecule has 8 heteroatoms. The molecule has 2 aliphatic heterocycles. The second-order valence-corrected chi connectivity index (χ2v) is 9.09. The molecular formula is C24H24N2O5S. The maximum atomic E-state index is 13.5. The summed E-state index contributed by atoms with van der Waals surface area (Å²) in [5, 5.41) is 13.5. The van der Waals surface area contributed by atoms with Crippen LogP contribution in [0.25, 0.3) is 11.0 Å². The van der Waals surface area contributed by atoms with Crippen LogP contribution in [0.1, 0.15) is 27.0 Å².